The highest BCUT2D eigenvalue weighted by Crippen LogP contribution is 2.13. The number of hydrogen-bond donors (Lipinski definition) is 4. The van der Waals surface area contributed by atoms with Gasteiger partial charge in [0.25, 0.3) is 5.91 Å². The largest absolute Gasteiger partial charge is 0.484 e. The number of aliphatic hydroxyl groups is 1. The number of amides is 1. The van der Waals surface area contributed by atoms with Gasteiger partial charge in [0.1, 0.15) is 11.8 Å². The van der Waals surface area contributed by atoms with Crippen LogP contribution in [0, 0.1) is 0 Å². The summed E-state index contributed by atoms with van der Waals surface area (Å²) in [5.74, 6) is -0.825. The average molecular weight is 414 g/mol. The Morgan fingerprint density at radius 1 is 0.966 bits per heavy atom. The molecule has 0 aliphatic rings. The first kappa shape index (κ1) is 24.8. The molecule has 10 heteroatoms. The lowest BCUT2D eigenvalue weighted by Crippen LogP contribution is -2.32. The molecule has 1 amide bonds. The summed E-state index contributed by atoms with van der Waals surface area (Å²) in [6.45, 7) is 2.57. The Balaban J connectivity index is 2.03. The zero-order valence-electron chi connectivity index (χ0n) is 16.4. The third-order valence-corrected chi connectivity index (χ3v) is 3.61. The number of carbonyl (C=O) groups excluding carboxylic acids is 1. The van der Waals surface area contributed by atoms with Crippen LogP contribution in [0.3, 0.4) is 0 Å². The Kier molecular flexibility index (Phi) is 13.4. The van der Waals surface area contributed by atoms with Crippen LogP contribution in [0.5, 0.6) is 5.75 Å². The Labute approximate surface area is 169 Å². The van der Waals surface area contributed by atoms with Gasteiger partial charge in [0, 0.05) is 6.54 Å². The van der Waals surface area contributed by atoms with Crippen LogP contribution >= 0.6 is 0 Å². The number of benzene rings is 1. The van der Waals surface area contributed by atoms with Crippen molar-refractivity contribution < 1.29 is 38.7 Å². The van der Waals surface area contributed by atoms with Crippen molar-refractivity contribution in [3.63, 3.8) is 0 Å². The monoisotopic (exact) mass is 414 g/mol. The molecule has 0 spiro atoms. The predicted molar refractivity (Wildman–Crippen MR) is 104 cm³/mol. The van der Waals surface area contributed by atoms with Crippen molar-refractivity contribution >= 4 is 11.9 Å². The molecule has 0 aliphatic heterocycles. The van der Waals surface area contributed by atoms with Gasteiger partial charge in [-0.3, -0.25) is 9.59 Å². The quantitative estimate of drug-likeness (QED) is 0.240. The Morgan fingerprint density at radius 2 is 1.55 bits per heavy atom. The molecule has 0 bridgehead atoms. The predicted octanol–water partition coefficient (Wildman–Crippen LogP) is -0.822. The van der Waals surface area contributed by atoms with Gasteiger partial charge in [0.2, 0.25) is 0 Å². The first-order chi connectivity index (χ1) is 14.0. The van der Waals surface area contributed by atoms with E-state index in [2.05, 4.69) is 5.32 Å². The molecule has 0 aromatic heterocycles. The van der Waals surface area contributed by atoms with E-state index in [-0.39, 0.29) is 25.5 Å². The second-order valence-electron chi connectivity index (χ2n) is 5.99. The smallest absolute Gasteiger partial charge is 0.320 e. The number of carboxylic acids is 1. The molecule has 1 rings (SSSR count). The second kappa shape index (κ2) is 15.7. The molecular weight excluding hydrogens is 384 g/mol. The number of carbonyl (C=O) groups is 2. The summed E-state index contributed by atoms with van der Waals surface area (Å²) in [6, 6.07) is 5.80. The van der Waals surface area contributed by atoms with Gasteiger partial charge in [-0.2, -0.15) is 0 Å². The van der Waals surface area contributed by atoms with Gasteiger partial charge in [0.05, 0.1) is 46.2 Å². The fourth-order valence-corrected chi connectivity index (χ4v) is 2.13. The van der Waals surface area contributed by atoms with E-state index in [0.717, 1.165) is 5.56 Å². The van der Waals surface area contributed by atoms with Crippen molar-refractivity contribution in [2.45, 2.75) is 12.5 Å². The van der Waals surface area contributed by atoms with E-state index < -0.39 is 12.0 Å². The van der Waals surface area contributed by atoms with E-state index >= 15 is 0 Å². The minimum absolute atomic E-state index is 0.00404. The highest BCUT2D eigenvalue weighted by atomic mass is 16.5. The Hall–Kier alpha value is -2.24. The average Bonchev–Trinajstić information content (AvgIpc) is 2.71. The third-order valence-electron chi connectivity index (χ3n) is 3.61. The molecule has 1 aromatic rings. The first-order valence-electron chi connectivity index (χ1n) is 9.34. The number of carboxylic acid groups (broad SMARTS) is 1. The summed E-state index contributed by atoms with van der Waals surface area (Å²) < 4.78 is 21.0. The number of aliphatic hydroxyl groups excluding tert-OH is 1. The van der Waals surface area contributed by atoms with Crippen molar-refractivity contribution in [2.75, 3.05) is 59.4 Å². The van der Waals surface area contributed by atoms with Crippen molar-refractivity contribution in [3.05, 3.63) is 29.8 Å². The van der Waals surface area contributed by atoms with Gasteiger partial charge in [-0.1, -0.05) is 12.1 Å². The standard InChI is InChI=1S/C19H30N2O8/c20-17(19(24)25)13-15-1-3-16(4-2-15)29-14-18(23)21-5-7-26-9-11-28-12-10-27-8-6-22/h1-4,17,22H,5-14,20H2,(H,21,23)(H,24,25)/t17-/m1/s1. The van der Waals surface area contributed by atoms with E-state index in [4.69, 9.17) is 34.9 Å². The van der Waals surface area contributed by atoms with E-state index in [1.165, 1.54) is 0 Å². The maximum absolute atomic E-state index is 11.7. The van der Waals surface area contributed by atoms with Gasteiger partial charge < -0.3 is 40.2 Å². The lowest BCUT2D eigenvalue weighted by atomic mass is 10.1. The van der Waals surface area contributed by atoms with Crippen LogP contribution in [0.4, 0.5) is 0 Å². The van der Waals surface area contributed by atoms with E-state index in [1.807, 2.05) is 0 Å². The summed E-state index contributed by atoms with van der Waals surface area (Å²) >= 11 is 0. The molecule has 1 atom stereocenters. The highest BCUT2D eigenvalue weighted by molar-refractivity contribution is 5.77. The van der Waals surface area contributed by atoms with Crippen molar-refractivity contribution in [2.24, 2.45) is 5.73 Å². The summed E-state index contributed by atoms with van der Waals surface area (Å²) in [5, 5.41) is 20.0. The minimum atomic E-state index is -1.05. The topological polar surface area (TPSA) is 150 Å². The van der Waals surface area contributed by atoms with Gasteiger partial charge in [0.15, 0.2) is 6.61 Å². The Morgan fingerprint density at radius 3 is 2.14 bits per heavy atom. The summed E-state index contributed by atoms with van der Waals surface area (Å²) in [5.41, 5.74) is 6.26. The molecule has 10 nitrogen and oxygen atoms in total. The molecule has 0 heterocycles. The van der Waals surface area contributed by atoms with Crippen LogP contribution in [0.2, 0.25) is 0 Å². The number of rotatable bonds is 17. The molecule has 29 heavy (non-hydrogen) atoms. The number of nitrogens with one attached hydrogen (secondary N) is 1. The summed E-state index contributed by atoms with van der Waals surface area (Å²) in [6.07, 6.45) is 0.221. The van der Waals surface area contributed by atoms with Crippen LogP contribution in [0.15, 0.2) is 24.3 Å². The molecule has 1 aromatic carbocycles. The zero-order valence-corrected chi connectivity index (χ0v) is 16.4. The number of ether oxygens (including phenoxy) is 4. The molecule has 5 N–H and O–H groups in total. The van der Waals surface area contributed by atoms with Crippen LogP contribution in [0.1, 0.15) is 5.56 Å². The number of aliphatic carboxylic acids is 1. The lowest BCUT2D eigenvalue weighted by Gasteiger charge is -2.10. The van der Waals surface area contributed by atoms with E-state index in [9.17, 15) is 9.59 Å². The van der Waals surface area contributed by atoms with Gasteiger partial charge in [-0.05, 0) is 24.1 Å². The van der Waals surface area contributed by atoms with Crippen molar-refractivity contribution in [1.29, 1.82) is 0 Å². The van der Waals surface area contributed by atoms with Gasteiger partial charge in [-0.15, -0.1) is 0 Å². The number of hydrogen-bond acceptors (Lipinski definition) is 8. The van der Waals surface area contributed by atoms with E-state index in [1.54, 1.807) is 24.3 Å². The third kappa shape index (κ3) is 12.8. The molecule has 0 unspecified atom stereocenters. The molecule has 0 fully saturated rings. The maximum Gasteiger partial charge on any atom is 0.320 e. The van der Waals surface area contributed by atoms with Crippen LogP contribution in [-0.2, 0) is 30.2 Å². The molecule has 0 radical (unpaired) electrons. The molecule has 0 saturated heterocycles. The van der Waals surface area contributed by atoms with Gasteiger partial charge in [-0.25, -0.2) is 0 Å². The van der Waals surface area contributed by atoms with Crippen LogP contribution in [-0.4, -0.2) is 87.5 Å². The van der Waals surface area contributed by atoms with Crippen LogP contribution < -0.4 is 15.8 Å². The summed E-state index contributed by atoms with van der Waals surface area (Å²) in [4.78, 5) is 22.5. The molecule has 0 saturated carbocycles. The molecule has 164 valence electrons. The van der Waals surface area contributed by atoms with Crippen LogP contribution in [0.25, 0.3) is 0 Å². The number of nitrogens with two attached hydrogens (primary N) is 1. The van der Waals surface area contributed by atoms with Crippen molar-refractivity contribution in [3.8, 4) is 5.75 Å². The Bertz CT molecular complexity index is 582. The normalized spacial score (nSPS) is 11.8. The zero-order chi connectivity index (χ0) is 21.3. The van der Waals surface area contributed by atoms with Crippen molar-refractivity contribution in [1.82, 2.24) is 5.32 Å². The SMILES string of the molecule is N[C@H](Cc1ccc(OCC(=O)NCCOCCOCCOCCO)cc1)C(=O)O. The van der Waals surface area contributed by atoms with E-state index in [0.29, 0.717) is 51.9 Å². The highest BCUT2D eigenvalue weighted by Gasteiger charge is 2.12. The second-order valence-corrected chi connectivity index (χ2v) is 5.99. The minimum Gasteiger partial charge on any atom is -0.484 e. The molecular formula is C19H30N2O8. The molecule has 0 aliphatic carbocycles. The summed E-state index contributed by atoms with van der Waals surface area (Å²) in [7, 11) is 0. The fraction of sp³-hybridized carbons (Fsp3) is 0.579. The lowest BCUT2D eigenvalue weighted by molar-refractivity contribution is -0.138. The fourth-order valence-electron chi connectivity index (χ4n) is 2.13. The maximum atomic E-state index is 11.7. The van der Waals surface area contributed by atoms with Gasteiger partial charge >= 0.3 is 5.97 Å². The first-order valence-corrected chi connectivity index (χ1v) is 9.34.